The Labute approximate surface area is 150 Å². The van der Waals surface area contributed by atoms with Crippen molar-refractivity contribution in [1.29, 1.82) is 0 Å². The predicted molar refractivity (Wildman–Crippen MR) is 91.5 cm³/mol. The highest BCUT2D eigenvalue weighted by molar-refractivity contribution is 5.93. The first-order valence-electron chi connectivity index (χ1n) is 8.32. The number of carbonyl (C=O) groups is 3. The molecule has 3 atom stereocenters. The average Bonchev–Trinajstić information content (AvgIpc) is 2.98. The number of hydrogen-bond donors (Lipinski definition) is 0. The van der Waals surface area contributed by atoms with Crippen molar-refractivity contribution in [2.45, 2.75) is 31.7 Å². The maximum absolute atomic E-state index is 12.3. The van der Waals surface area contributed by atoms with E-state index in [0.717, 1.165) is 0 Å². The summed E-state index contributed by atoms with van der Waals surface area (Å²) in [4.78, 5) is 36.8. The maximum Gasteiger partial charge on any atom is 0.352 e. The van der Waals surface area contributed by atoms with Crippen molar-refractivity contribution < 1.29 is 28.6 Å². The van der Waals surface area contributed by atoms with Gasteiger partial charge in [-0.15, -0.1) is 0 Å². The molecule has 0 aliphatic carbocycles. The summed E-state index contributed by atoms with van der Waals surface area (Å²) in [5, 5.41) is 0. The molecule has 6 nitrogen and oxygen atoms in total. The number of carbonyl (C=O) groups excluding carboxylic acids is 3. The first-order chi connectivity index (χ1) is 12.6. The van der Waals surface area contributed by atoms with E-state index in [-0.39, 0.29) is 0 Å². The molecule has 1 aliphatic heterocycles. The van der Waals surface area contributed by atoms with Crippen LogP contribution in [-0.2, 0) is 19.0 Å². The fraction of sp³-hybridized carbons (Fsp3) is 0.250. The van der Waals surface area contributed by atoms with Gasteiger partial charge < -0.3 is 14.2 Å². The van der Waals surface area contributed by atoms with E-state index >= 15 is 0 Å². The molecule has 1 fully saturated rings. The number of cyclic esters (lactones) is 1. The molecule has 0 radical (unpaired) electrons. The molecule has 134 valence electrons. The molecule has 26 heavy (non-hydrogen) atoms. The molecular weight excluding hydrogens is 336 g/mol. The van der Waals surface area contributed by atoms with E-state index < -0.39 is 36.2 Å². The Morgan fingerprint density at radius 2 is 1.38 bits per heavy atom. The largest absolute Gasteiger partial charge is 0.455 e. The maximum atomic E-state index is 12.3. The fourth-order valence-electron chi connectivity index (χ4n) is 2.70. The first kappa shape index (κ1) is 17.7. The van der Waals surface area contributed by atoms with Crippen molar-refractivity contribution in [1.82, 2.24) is 0 Å². The number of esters is 3. The Morgan fingerprint density at radius 3 is 1.88 bits per heavy atom. The number of benzene rings is 2. The van der Waals surface area contributed by atoms with Crippen LogP contribution in [0.25, 0.3) is 0 Å². The van der Waals surface area contributed by atoms with Crippen LogP contribution < -0.4 is 0 Å². The van der Waals surface area contributed by atoms with E-state index in [2.05, 4.69) is 0 Å². The summed E-state index contributed by atoms with van der Waals surface area (Å²) in [7, 11) is 0. The van der Waals surface area contributed by atoms with Gasteiger partial charge in [0.05, 0.1) is 11.1 Å². The molecule has 1 heterocycles. The van der Waals surface area contributed by atoms with Crippen molar-refractivity contribution in [2.24, 2.45) is 0 Å². The van der Waals surface area contributed by atoms with Crippen molar-refractivity contribution >= 4 is 17.9 Å². The zero-order valence-corrected chi connectivity index (χ0v) is 14.2. The third-order valence-corrected chi connectivity index (χ3v) is 4.06. The molecule has 2 aromatic rings. The van der Waals surface area contributed by atoms with E-state index in [1.165, 1.54) is 0 Å². The van der Waals surface area contributed by atoms with Gasteiger partial charge in [-0.05, 0) is 30.7 Å². The molecule has 0 bridgehead atoms. The van der Waals surface area contributed by atoms with Crippen LogP contribution in [0.15, 0.2) is 60.7 Å². The highest BCUT2D eigenvalue weighted by Gasteiger charge is 2.49. The SMILES string of the molecule is CC[C@H]1OC(=O)C(OC(=O)c2ccccc2)[C@H]1OC(=O)c1ccccc1. The van der Waals surface area contributed by atoms with Crippen LogP contribution in [0.5, 0.6) is 0 Å². The predicted octanol–water partition coefficient (Wildman–Crippen LogP) is 2.77. The zero-order chi connectivity index (χ0) is 18.5. The molecule has 2 aromatic carbocycles. The van der Waals surface area contributed by atoms with Gasteiger partial charge in [-0.1, -0.05) is 43.3 Å². The highest BCUT2D eigenvalue weighted by Crippen LogP contribution is 2.26. The summed E-state index contributed by atoms with van der Waals surface area (Å²) in [6.45, 7) is 1.79. The number of rotatable bonds is 5. The van der Waals surface area contributed by atoms with E-state index in [0.29, 0.717) is 17.5 Å². The minimum absolute atomic E-state index is 0.299. The quantitative estimate of drug-likeness (QED) is 0.607. The van der Waals surface area contributed by atoms with Crippen LogP contribution in [0.3, 0.4) is 0 Å². The summed E-state index contributed by atoms with van der Waals surface area (Å²) in [5.41, 5.74) is 0.642. The lowest BCUT2D eigenvalue weighted by atomic mass is 10.1. The molecule has 3 rings (SSSR count). The second-order valence-corrected chi connectivity index (χ2v) is 5.81. The molecule has 0 spiro atoms. The van der Waals surface area contributed by atoms with E-state index in [4.69, 9.17) is 14.2 Å². The van der Waals surface area contributed by atoms with Gasteiger partial charge in [0, 0.05) is 0 Å². The minimum Gasteiger partial charge on any atom is -0.455 e. The molecule has 1 aliphatic rings. The molecule has 1 unspecified atom stereocenters. The van der Waals surface area contributed by atoms with Gasteiger partial charge in [0.15, 0.2) is 6.10 Å². The van der Waals surface area contributed by atoms with Gasteiger partial charge in [-0.3, -0.25) is 0 Å². The molecule has 0 saturated carbocycles. The second-order valence-electron chi connectivity index (χ2n) is 5.81. The minimum atomic E-state index is -1.29. The van der Waals surface area contributed by atoms with Crippen LogP contribution in [-0.4, -0.2) is 36.2 Å². The lowest BCUT2D eigenvalue weighted by Gasteiger charge is -2.20. The molecule has 0 aromatic heterocycles. The van der Waals surface area contributed by atoms with Gasteiger partial charge in [-0.25, -0.2) is 14.4 Å². The van der Waals surface area contributed by atoms with Gasteiger partial charge in [-0.2, -0.15) is 0 Å². The lowest BCUT2D eigenvalue weighted by molar-refractivity contribution is -0.147. The summed E-state index contributed by atoms with van der Waals surface area (Å²) < 4.78 is 16.0. The van der Waals surface area contributed by atoms with E-state index in [1.807, 2.05) is 0 Å². The second kappa shape index (κ2) is 7.82. The topological polar surface area (TPSA) is 78.9 Å². The lowest BCUT2D eigenvalue weighted by Crippen LogP contribution is -2.39. The summed E-state index contributed by atoms with van der Waals surface area (Å²) >= 11 is 0. The Morgan fingerprint density at radius 1 is 0.885 bits per heavy atom. The van der Waals surface area contributed by atoms with Crippen molar-refractivity contribution in [2.75, 3.05) is 0 Å². The summed E-state index contributed by atoms with van der Waals surface area (Å²) in [5.74, 6) is -2.00. The zero-order valence-electron chi connectivity index (χ0n) is 14.2. The third kappa shape index (κ3) is 3.74. The smallest absolute Gasteiger partial charge is 0.352 e. The van der Waals surface area contributed by atoms with Crippen molar-refractivity contribution in [3.8, 4) is 0 Å². The van der Waals surface area contributed by atoms with Crippen molar-refractivity contribution in [3.05, 3.63) is 71.8 Å². The first-order valence-corrected chi connectivity index (χ1v) is 8.32. The van der Waals surface area contributed by atoms with Crippen LogP contribution in [0, 0.1) is 0 Å². The Hall–Kier alpha value is -3.15. The highest BCUT2D eigenvalue weighted by atomic mass is 16.7. The van der Waals surface area contributed by atoms with E-state index in [9.17, 15) is 14.4 Å². The Kier molecular flexibility index (Phi) is 5.31. The summed E-state index contributed by atoms with van der Waals surface area (Å²) in [6, 6.07) is 16.7. The van der Waals surface area contributed by atoms with E-state index in [1.54, 1.807) is 67.6 Å². The van der Waals surface area contributed by atoms with Crippen LogP contribution in [0.2, 0.25) is 0 Å². The average molecular weight is 354 g/mol. The standard InChI is InChI=1S/C20H18O6/c1-2-15-16(25-18(21)13-9-5-3-6-10-13)17(20(23)24-15)26-19(22)14-11-7-4-8-12-14/h3-12,15-17H,2H2,1H3/t15-,16+,17?/m1/s1. The van der Waals surface area contributed by atoms with Crippen LogP contribution in [0.4, 0.5) is 0 Å². The van der Waals surface area contributed by atoms with Gasteiger partial charge in [0.25, 0.3) is 0 Å². The Bertz CT molecular complexity index is 786. The number of hydrogen-bond acceptors (Lipinski definition) is 6. The molecule has 6 heteroatoms. The molecular formula is C20H18O6. The third-order valence-electron chi connectivity index (χ3n) is 4.06. The summed E-state index contributed by atoms with van der Waals surface area (Å²) in [6.07, 6.45) is -2.52. The molecule has 0 amide bonds. The van der Waals surface area contributed by atoms with Crippen LogP contribution >= 0.6 is 0 Å². The van der Waals surface area contributed by atoms with Gasteiger partial charge in [0.2, 0.25) is 6.10 Å². The van der Waals surface area contributed by atoms with Gasteiger partial charge >= 0.3 is 17.9 Å². The molecule has 1 saturated heterocycles. The van der Waals surface area contributed by atoms with Gasteiger partial charge in [0.1, 0.15) is 6.10 Å². The Balaban J connectivity index is 1.77. The monoisotopic (exact) mass is 354 g/mol. The van der Waals surface area contributed by atoms with Crippen LogP contribution in [0.1, 0.15) is 34.1 Å². The van der Waals surface area contributed by atoms with Crippen molar-refractivity contribution in [3.63, 3.8) is 0 Å². The molecule has 0 N–H and O–H groups in total. The normalized spacial score (nSPS) is 21.7. The number of ether oxygens (including phenoxy) is 3. The fourth-order valence-corrected chi connectivity index (χ4v) is 2.70.